The minimum atomic E-state index is -0.475. The van der Waals surface area contributed by atoms with Gasteiger partial charge in [-0.15, -0.1) is 0 Å². The Bertz CT molecular complexity index is 700. The number of aromatic nitrogens is 2. The second kappa shape index (κ2) is 6.19. The number of oxime groups is 1. The number of rotatable bonds is 3. The van der Waals surface area contributed by atoms with Crippen LogP contribution in [0.25, 0.3) is 0 Å². The molecule has 2 aromatic rings. The Morgan fingerprint density at radius 2 is 2.14 bits per heavy atom. The summed E-state index contributed by atoms with van der Waals surface area (Å²) < 4.78 is 0. The zero-order valence-corrected chi connectivity index (χ0v) is 11.8. The van der Waals surface area contributed by atoms with E-state index in [4.69, 9.17) is 22.5 Å². The van der Waals surface area contributed by atoms with Gasteiger partial charge >= 0.3 is 0 Å². The van der Waals surface area contributed by atoms with Crippen LogP contribution in [0.2, 0.25) is 5.02 Å². The molecule has 21 heavy (non-hydrogen) atoms. The monoisotopic (exact) mass is 305 g/mol. The van der Waals surface area contributed by atoms with Gasteiger partial charge in [-0.1, -0.05) is 16.8 Å². The lowest BCUT2D eigenvalue weighted by molar-refractivity contribution is 0.102. The van der Waals surface area contributed by atoms with Crippen LogP contribution >= 0.6 is 11.6 Å². The summed E-state index contributed by atoms with van der Waals surface area (Å²) in [6.07, 6.45) is 2.84. The third kappa shape index (κ3) is 3.46. The Kier molecular flexibility index (Phi) is 4.34. The van der Waals surface area contributed by atoms with Crippen LogP contribution in [0, 0.1) is 6.92 Å². The minimum absolute atomic E-state index is 0.142. The average molecular weight is 306 g/mol. The molecule has 0 radical (unpaired) electrons. The summed E-state index contributed by atoms with van der Waals surface area (Å²) in [6, 6.07) is 4.60. The lowest BCUT2D eigenvalue weighted by atomic mass is 10.1. The molecular weight excluding hydrogens is 294 g/mol. The van der Waals surface area contributed by atoms with E-state index >= 15 is 0 Å². The molecule has 108 valence electrons. The van der Waals surface area contributed by atoms with Crippen molar-refractivity contribution < 1.29 is 10.0 Å². The van der Waals surface area contributed by atoms with Crippen LogP contribution in [0.15, 0.2) is 35.7 Å². The molecule has 1 amide bonds. The van der Waals surface area contributed by atoms with Crippen LogP contribution in [0.1, 0.15) is 21.7 Å². The van der Waals surface area contributed by atoms with Crippen molar-refractivity contribution in [1.29, 1.82) is 0 Å². The van der Waals surface area contributed by atoms with Gasteiger partial charge in [0.05, 0.1) is 17.6 Å². The van der Waals surface area contributed by atoms with Crippen molar-refractivity contribution in [2.45, 2.75) is 6.92 Å². The van der Waals surface area contributed by atoms with Gasteiger partial charge in [-0.3, -0.25) is 9.78 Å². The first-order valence-corrected chi connectivity index (χ1v) is 6.26. The number of nitrogens with two attached hydrogens (primary N) is 1. The normalized spacial score (nSPS) is 11.2. The molecule has 8 heteroatoms. The number of amidine groups is 1. The van der Waals surface area contributed by atoms with E-state index in [1.54, 1.807) is 13.0 Å². The van der Waals surface area contributed by atoms with Gasteiger partial charge in [-0.05, 0) is 25.1 Å². The maximum atomic E-state index is 12.1. The van der Waals surface area contributed by atoms with E-state index in [9.17, 15) is 4.79 Å². The molecule has 0 aliphatic rings. The Morgan fingerprint density at radius 1 is 1.38 bits per heavy atom. The lowest BCUT2D eigenvalue weighted by Crippen LogP contribution is -2.20. The Morgan fingerprint density at radius 3 is 2.76 bits per heavy atom. The summed E-state index contributed by atoms with van der Waals surface area (Å²) in [6.45, 7) is 1.77. The second-order valence-corrected chi connectivity index (χ2v) is 4.61. The number of carbonyl (C=O) groups is 1. The summed E-state index contributed by atoms with van der Waals surface area (Å²) in [4.78, 5) is 20.1. The van der Waals surface area contributed by atoms with E-state index in [2.05, 4.69) is 20.4 Å². The highest BCUT2D eigenvalue weighted by atomic mass is 35.5. The number of benzene rings is 1. The first-order valence-electron chi connectivity index (χ1n) is 5.88. The fourth-order valence-electron chi connectivity index (χ4n) is 1.59. The predicted octanol–water partition coefficient (Wildman–Crippen LogP) is 1.79. The van der Waals surface area contributed by atoms with Crippen LogP contribution in [-0.2, 0) is 0 Å². The smallest absolute Gasteiger partial charge is 0.275 e. The predicted molar refractivity (Wildman–Crippen MR) is 78.7 cm³/mol. The molecule has 1 aromatic heterocycles. The van der Waals surface area contributed by atoms with E-state index in [-0.39, 0.29) is 11.5 Å². The largest absolute Gasteiger partial charge is 0.409 e. The molecule has 0 saturated heterocycles. The summed E-state index contributed by atoms with van der Waals surface area (Å²) in [5.74, 6) is -0.617. The van der Waals surface area contributed by atoms with Crippen LogP contribution in [0.3, 0.4) is 0 Å². The van der Waals surface area contributed by atoms with Crippen molar-refractivity contribution in [3.63, 3.8) is 0 Å². The third-order valence-electron chi connectivity index (χ3n) is 2.63. The van der Waals surface area contributed by atoms with E-state index in [1.165, 1.54) is 24.5 Å². The molecule has 1 heterocycles. The number of aryl methyl sites for hydroxylation is 1. The number of anilines is 1. The minimum Gasteiger partial charge on any atom is -0.409 e. The molecule has 1 aromatic carbocycles. The van der Waals surface area contributed by atoms with Crippen molar-refractivity contribution in [3.05, 3.63) is 52.6 Å². The lowest BCUT2D eigenvalue weighted by Gasteiger charge is -2.10. The maximum absolute atomic E-state index is 12.1. The van der Waals surface area contributed by atoms with Crippen molar-refractivity contribution in [2.24, 2.45) is 10.9 Å². The zero-order valence-electron chi connectivity index (χ0n) is 11.0. The molecular formula is C13H12ClN5O2. The highest BCUT2D eigenvalue weighted by molar-refractivity contribution is 6.31. The van der Waals surface area contributed by atoms with Crippen LogP contribution in [0.5, 0.6) is 0 Å². The Labute approximate surface area is 125 Å². The fraction of sp³-hybridized carbons (Fsp3) is 0.0769. The average Bonchev–Trinajstić information content (AvgIpc) is 2.47. The molecule has 0 spiro atoms. The third-order valence-corrected chi connectivity index (χ3v) is 2.86. The first-order chi connectivity index (χ1) is 10.0. The van der Waals surface area contributed by atoms with Crippen LogP contribution in [-0.4, -0.2) is 26.9 Å². The van der Waals surface area contributed by atoms with Crippen molar-refractivity contribution in [3.8, 4) is 0 Å². The van der Waals surface area contributed by atoms with E-state index in [0.29, 0.717) is 22.0 Å². The van der Waals surface area contributed by atoms with E-state index < -0.39 is 5.91 Å². The van der Waals surface area contributed by atoms with E-state index in [1.807, 2.05) is 0 Å². The standard InChI is InChI=1S/C13H12ClN5O2/c1-7-5-17-11(6-16-7)13(20)18-10-4-8(14)2-3-9(10)12(15)19-21/h2-6,21H,1H3,(H2,15,19)(H,18,20). The zero-order chi connectivity index (χ0) is 15.4. The summed E-state index contributed by atoms with van der Waals surface area (Å²) in [5.41, 5.74) is 7.06. The van der Waals surface area contributed by atoms with Crippen molar-refractivity contribution in [1.82, 2.24) is 9.97 Å². The van der Waals surface area contributed by atoms with Gasteiger partial charge in [0.15, 0.2) is 5.84 Å². The quantitative estimate of drug-likeness (QED) is 0.346. The van der Waals surface area contributed by atoms with Gasteiger partial charge in [0.1, 0.15) is 5.69 Å². The fourth-order valence-corrected chi connectivity index (χ4v) is 1.77. The molecule has 0 aliphatic heterocycles. The van der Waals surface area contributed by atoms with E-state index in [0.717, 1.165) is 0 Å². The summed E-state index contributed by atoms with van der Waals surface area (Å²) in [5, 5.41) is 14.7. The number of hydrogen-bond acceptors (Lipinski definition) is 5. The number of nitrogens with one attached hydrogen (secondary N) is 1. The van der Waals surface area contributed by atoms with Gasteiger partial charge in [0.2, 0.25) is 0 Å². The van der Waals surface area contributed by atoms with Gasteiger partial charge in [0, 0.05) is 16.8 Å². The van der Waals surface area contributed by atoms with Crippen molar-refractivity contribution >= 4 is 29.0 Å². The molecule has 0 atom stereocenters. The number of halogens is 1. The molecule has 4 N–H and O–H groups in total. The summed E-state index contributed by atoms with van der Waals surface area (Å²) in [7, 11) is 0. The van der Waals surface area contributed by atoms with Crippen molar-refractivity contribution in [2.75, 3.05) is 5.32 Å². The Hall–Kier alpha value is -2.67. The van der Waals surface area contributed by atoms with Gasteiger partial charge in [0.25, 0.3) is 5.91 Å². The topological polar surface area (TPSA) is 113 Å². The number of carbonyl (C=O) groups excluding carboxylic acids is 1. The maximum Gasteiger partial charge on any atom is 0.275 e. The molecule has 0 unspecified atom stereocenters. The van der Waals surface area contributed by atoms with Crippen LogP contribution in [0.4, 0.5) is 5.69 Å². The molecule has 0 fully saturated rings. The van der Waals surface area contributed by atoms with Gasteiger partial charge in [-0.25, -0.2) is 4.98 Å². The number of hydrogen-bond donors (Lipinski definition) is 3. The molecule has 7 nitrogen and oxygen atoms in total. The molecule has 0 aliphatic carbocycles. The second-order valence-electron chi connectivity index (χ2n) is 4.17. The number of amides is 1. The van der Waals surface area contributed by atoms with Gasteiger partial charge in [-0.2, -0.15) is 0 Å². The number of nitrogens with zero attached hydrogens (tertiary/aromatic N) is 3. The highest BCUT2D eigenvalue weighted by Crippen LogP contribution is 2.21. The molecule has 0 saturated carbocycles. The SMILES string of the molecule is Cc1cnc(C(=O)Nc2cc(Cl)ccc2C(N)=NO)cn1. The van der Waals surface area contributed by atoms with Crippen LogP contribution < -0.4 is 11.1 Å². The molecule has 2 rings (SSSR count). The van der Waals surface area contributed by atoms with Gasteiger partial charge < -0.3 is 16.3 Å². The first kappa shape index (κ1) is 14.7. The Balaban J connectivity index is 2.32. The molecule has 0 bridgehead atoms. The summed E-state index contributed by atoms with van der Waals surface area (Å²) >= 11 is 5.89. The highest BCUT2D eigenvalue weighted by Gasteiger charge is 2.13.